The van der Waals surface area contributed by atoms with Crippen molar-refractivity contribution in [1.29, 1.82) is 0 Å². The van der Waals surface area contributed by atoms with Gasteiger partial charge < -0.3 is 15.4 Å². The number of hydrogen-bond donors (Lipinski definition) is 3. The van der Waals surface area contributed by atoms with Crippen molar-refractivity contribution in [2.45, 2.75) is 72.0 Å². The summed E-state index contributed by atoms with van der Waals surface area (Å²) in [5.74, 6) is -0.900. The quantitative estimate of drug-likeness (QED) is 0.364. The molecule has 0 spiro atoms. The third-order valence-electron chi connectivity index (χ3n) is 3.94. The maximum atomic E-state index is 12.7. The number of thiol groups is 1. The van der Waals surface area contributed by atoms with Gasteiger partial charge in [0.05, 0.1) is 12.1 Å². The van der Waals surface area contributed by atoms with E-state index in [2.05, 4.69) is 17.9 Å². The monoisotopic (exact) mass is 387 g/mol. The van der Waals surface area contributed by atoms with Gasteiger partial charge in [-0.25, -0.2) is 0 Å². The molecule has 0 aromatic heterocycles. The molecule has 0 fully saturated rings. The van der Waals surface area contributed by atoms with Crippen LogP contribution >= 0.6 is 12.6 Å². The van der Waals surface area contributed by atoms with E-state index in [0.29, 0.717) is 31.3 Å². The van der Waals surface area contributed by atoms with Gasteiger partial charge in [-0.2, -0.15) is 12.6 Å². The van der Waals surface area contributed by atoms with Crippen molar-refractivity contribution in [2.75, 3.05) is 5.75 Å². The summed E-state index contributed by atoms with van der Waals surface area (Å²) in [6.07, 6.45) is 1.75. The van der Waals surface area contributed by atoms with Crippen LogP contribution in [0, 0.1) is 11.8 Å². The fourth-order valence-corrected chi connectivity index (χ4v) is 3.06. The minimum atomic E-state index is -0.919. The largest absolute Gasteiger partial charge is 0.321 e. The van der Waals surface area contributed by atoms with Crippen molar-refractivity contribution in [3.63, 3.8) is 0 Å². The van der Waals surface area contributed by atoms with Gasteiger partial charge in [0.25, 0.3) is 0 Å². The van der Waals surface area contributed by atoms with E-state index in [-0.39, 0.29) is 11.8 Å². The van der Waals surface area contributed by atoms with Crippen molar-refractivity contribution in [2.24, 2.45) is 17.6 Å². The lowest BCUT2D eigenvalue weighted by atomic mass is 9.98. The molecule has 3 N–H and O–H groups in total. The minimum Gasteiger partial charge on any atom is -0.321 e. The second-order valence-electron chi connectivity index (χ2n) is 7.38. The minimum absolute atomic E-state index is 0.0790. The Kier molecular flexibility index (Phi) is 11.4. The number of aldehydes is 1. The van der Waals surface area contributed by atoms with Gasteiger partial charge in [-0.1, -0.05) is 27.7 Å². The van der Waals surface area contributed by atoms with Crippen molar-refractivity contribution in [3.8, 4) is 0 Å². The second-order valence-corrected chi connectivity index (χ2v) is 7.82. The predicted octanol–water partition coefficient (Wildman–Crippen LogP) is 1.15. The molecule has 3 atom stereocenters. The number of amides is 3. The Labute approximate surface area is 161 Å². The van der Waals surface area contributed by atoms with Gasteiger partial charge in [-0.05, 0) is 36.9 Å². The Morgan fingerprint density at radius 3 is 2.00 bits per heavy atom. The molecule has 0 radical (unpaired) electrons. The highest BCUT2D eigenvalue weighted by Crippen LogP contribution is 2.17. The molecule has 0 heterocycles. The van der Waals surface area contributed by atoms with Gasteiger partial charge in [-0.15, -0.1) is 0 Å². The molecular formula is C18H33N3O4S. The van der Waals surface area contributed by atoms with Crippen LogP contribution in [-0.4, -0.2) is 52.8 Å². The molecule has 0 saturated carbocycles. The molecule has 8 heteroatoms. The molecule has 0 aliphatic heterocycles. The summed E-state index contributed by atoms with van der Waals surface area (Å²) in [4.78, 5) is 49.8. The van der Waals surface area contributed by atoms with E-state index in [1.54, 1.807) is 0 Å². The standard InChI is InChI=1S/C18H33N3O4S/c1-11(2)8-15(19)17(24)20-18(25)16(9-12(3)4)21(13(5)23)14(10-22)6-7-26/h10-12,14-16,26H,6-9,19H2,1-5H3,(H,20,24,25). The highest BCUT2D eigenvalue weighted by Gasteiger charge is 2.35. The summed E-state index contributed by atoms with van der Waals surface area (Å²) in [6.45, 7) is 8.97. The average Bonchev–Trinajstić information content (AvgIpc) is 2.51. The number of rotatable bonds is 11. The Morgan fingerprint density at radius 1 is 1.08 bits per heavy atom. The summed E-state index contributed by atoms with van der Waals surface area (Å²) >= 11 is 4.11. The van der Waals surface area contributed by atoms with Crippen LogP contribution in [0.4, 0.5) is 0 Å². The van der Waals surface area contributed by atoms with Gasteiger partial charge >= 0.3 is 0 Å². The van der Waals surface area contributed by atoms with Gasteiger partial charge in [0, 0.05) is 6.92 Å². The van der Waals surface area contributed by atoms with E-state index < -0.39 is 35.8 Å². The van der Waals surface area contributed by atoms with E-state index in [1.807, 2.05) is 27.7 Å². The van der Waals surface area contributed by atoms with Gasteiger partial charge in [0.1, 0.15) is 12.3 Å². The third-order valence-corrected chi connectivity index (χ3v) is 4.20. The highest BCUT2D eigenvalue weighted by atomic mass is 32.1. The average molecular weight is 388 g/mol. The molecule has 0 rings (SSSR count). The Bertz CT molecular complexity index is 497. The highest BCUT2D eigenvalue weighted by molar-refractivity contribution is 7.80. The molecule has 0 aromatic carbocycles. The smallest absolute Gasteiger partial charge is 0.249 e. The molecular weight excluding hydrogens is 354 g/mol. The SMILES string of the molecule is CC(=O)N(C(C=O)CCS)C(CC(C)C)C(=O)NC(=O)C(N)CC(C)C. The van der Waals surface area contributed by atoms with Crippen molar-refractivity contribution >= 4 is 36.6 Å². The first-order valence-corrected chi connectivity index (χ1v) is 9.63. The number of hydrogen-bond acceptors (Lipinski definition) is 6. The molecule has 7 nitrogen and oxygen atoms in total. The maximum absolute atomic E-state index is 12.7. The van der Waals surface area contributed by atoms with E-state index in [1.165, 1.54) is 11.8 Å². The molecule has 150 valence electrons. The van der Waals surface area contributed by atoms with Gasteiger partial charge in [0.15, 0.2) is 0 Å². The lowest BCUT2D eigenvalue weighted by Crippen LogP contribution is -2.57. The van der Waals surface area contributed by atoms with Crippen LogP contribution in [0.5, 0.6) is 0 Å². The van der Waals surface area contributed by atoms with Crippen LogP contribution in [0.1, 0.15) is 53.9 Å². The zero-order valence-corrected chi connectivity index (χ0v) is 17.3. The molecule has 0 aliphatic rings. The van der Waals surface area contributed by atoms with Crippen LogP contribution in [-0.2, 0) is 19.2 Å². The van der Waals surface area contributed by atoms with E-state index >= 15 is 0 Å². The normalized spacial score (nSPS) is 14.7. The number of nitrogens with two attached hydrogens (primary N) is 1. The first kappa shape index (κ1) is 24.6. The first-order chi connectivity index (χ1) is 12.0. The molecule has 3 unspecified atom stereocenters. The second kappa shape index (κ2) is 12.1. The Balaban J connectivity index is 5.48. The lowest BCUT2D eigenvalue weighted by molar-refractivity contribution is -0.146. The summed E-state index contributed by atoms with van der Waals surface area (Å²) in [5.41, 5.74) is 5.83. The third kappa shape index (κ3) is 8.31. The summed E-state index contributed by atoms with van der Waals surface area (Å²) < 4.78 is 0. The summed E-state index contributed by atoms with van der Waals surface area (Å²) in [6, 6.07) is -2.49. The maximum Gasteiger partial charge on any atom is 0.249 e. The van der Waals surface area contributed by atoms with Crippen LogP contribution < -0.4 is 11.1 Å². The van der Waals surface area contributed by atoms with Crippen LogP contribution in [0.15, 0.2) is 0 Å². The lowest BCUT2D eigenvalue weighted by Gasteiger charge is -2.35. The Hall–Kier alpha value is -1.41. The van der Waals surface area contributed by atoms with Gasteiger partial charge in [0.2, 0.25) is 17.7 Å². The van der Waals surface area contributed by atoms with Crippen molar-refractivity contribution in [1.82, 2.24) is 10.2 Å². The van der Waals surface area contributed by atoms with E-state index in [9.17, 15) is 19.2 Å². The zero-order valence-electron chi connectivity index (χ0n) is 16.4. The number of nitrogens with zero attached hydrogens (tertiary/aromatic N) is 1. The van der Waals surface area contributed by atoms with Crippen LogP contribution in [0.3, 0.4) is 0 Å². The van der Waals surface area contributed by atoms with Gasteiger partial charge in [-0.3, -0.25) is 19.7 Å². The molecule has 26 heavy (non-hydrogen) atoms. The fourth-order valence-electron chi connectivity index (χ4n) is 2.79. The zero-order chi connectivity index (χ0) is 20.4. The fraction of sp³-hybridized carbons (Fsp3) is 0.778. The van der Waals surface area contributed by atoms with Crippen LogP contribution in [0.2, 0.25) is 0 Å². The molecule has 3 amide bonds. The predicted molar refractivity (Wildman–Crippen MR) is 105 cm³/mol. The number of imide groups is 1. The van der Waals surface area contributed by atoms with Crippen LogP contribution in [0.25, 0.3) is 0 Å². The topological polar surface area (TPSA) is 110 Å². The van der Waals surface area contributed by atoms with Crippen molar-refractivity contribution < 1.29 is 19.2 Å². The molecule has 0 bridgehead atoms. The number of carbonyl (C=O) groups excluding carboxylic acids is 4. The number of nitrogens with one attached hydrogen (secondary N) is 1. The molecule has 0 aliphatic carbocycles. The van der Waals surface area contributed by atoms with Crippen molar-refractivity contribution in [3.05, 3.63) is 0 Å². The first-order valence-electron chi connectivity index (χ1n) is 9.00. The van der Waals surface area contributed by atoms with E-state index in [0.717, 1.165) is 0 Å². The Morgan fingerprint density at radius 2 is 1.62 bits per heavy atom. The summed E-state index contributed by atoms with van der Waals surface area (Å²) in [5, 5.41) is 2.32. The molecule has 0 aromatic rings. The summed E-state index contributed by atoms with van der Waals surface area (Å²) in [7, 11) is 0. The molecule has 0 saturated heterocycles. The van der Waals surface area contributed by atoms with E-state index in [4.69, 9.17) is 5.73 Å². The number of carbonyl (C=O) groups is 4.